The van der Waals surface area contributed by atoms with Gasteiger partial charge in [-0.3, -0.25) is 4.79 Å². The van der Waals surface area contributed by atoms with E-state index in [1.165, 1.54) is 11.8 Å². The fourth-order valence-corrected chi connectivity index (χ4v) is 7.16. The maximum Gasteiger partial charge on any atom is 0.249 e. The average Bonchev–Trinajstić information content (AvgIpc) is 3.11. The molecule has 0 unspecified atom stereocenters. The van der Waals surface area contributed by atoms with Crippen molar-refractivity contribution in [1.29, 1.82) is 0 Å². The number of carbonyl (C=O) groups excluding carboxylic acids is 1. The molecule has 250 valence electrons. The number of ether oxygens (including phenoxy) is 6. The van der Waals surface area contributed by atoms with Gasteiger partial charge in [0.15, 0.2) is 11.9 Å². The van der Waals surface area contributed by atoms with Crippen LogP contribution < -0.4 is 0 Å². The van der Waals surface area contributed by atoms with E-state index in [0.717, 1.165) is 22.3 Å². The maximum atomic E-state index is 12.5. The molecule has 48 heavy (non-hydrogen) atoms. The van der Waals surface area contributed by atoms with E-state index in [2.05, 4.69) is 0 Å². The van der Waals surface area contributed by atoms with Crippen LogP contribution in [-0.2, 0) is 59.6 Å². The summed E-state index contributed by atoms with van der Waals surface area (Å²) in [5.41, 5.74) is 4.11. The zero-order chi connectivity index (χ0) is 33.2. The third-order valence-corrected chi connectivity index (χ3v) is 9.80. The standard InChI is InChI=1S/C40H42O7S/c1-29(41)38-30(2)46-40(28-48-38)39(45-26-34-21-13-6-14-22-34)37(44-25-33-19-11-5-12-20-33)36(43-24-32-17-9-4-10-18-32)35(47-40)27-42-23-31-15-7-3-8-16-31/h3-22,35-37,39H,23-28H2,1-2H3/t35-,36+,37+,39-,40+/m1/s1. The molecule has 0 aromatic heterocycles. The van der Waals surface area contributed by atoms with E-state index in [1.54, 1.807) is 13.8 Å². The van der Waals surface area contributed by atoms with Crippen LogP contribution in [0.4, 0.5) is 0 Å². The molecular formula is C40H42O7S. The van der Waals surface area contributed by atoms with E-state index >= 15 is 0 Å². The second-order valence-corrected chi connectivity index (χ2v) is 13.0. The molecule has 0 bridgehead atoms. The molecule has 1 saturated heterocycles. The van der Waals surface area contributed by atoms with Gasteiger partial charge >= 0.3 is 0 Å². The minimum Gasteiger partial charge on any atom is -0.462 e. The van der Waals surface area contributed by atoms with Crippen LogP contribution in [0.5, 0.6) is 0 Å². The summed E-state index contributed by atoms with van der Waals surface area (Å²) in [7, 11) is 0. The lowest BCUT2D eigenvalue weighted by Gasteiger charge is -2.53. The summed E-state index contributed by atoms with van der Waals surface area (Å²) in [5.74, 6) is -0.503. The third-order valence-electron chi connectivity index (χ3n) is 8.39. The molecule has 7 nitrogen and oxygen atoms in total. The van der Waals surface area contributed by atoms with E-state index in [9.17, 15) is 4.79 Å². The van der Waals surface area contributed by atoms with E-state index < -0.39 is 30.2 Å². The summed E-state index contributed by atoms with van der Waals surface area (Å²) in [6, 6.07) is 40.1. The summed E-state index contributed by atoms with van der Waals surface area (Å²) in [5, 5.41) is 0. The highest BCUT2D eigenvalue weighted by molar-refractivity contribution is 8.04. The first kappa shape index (κ1) is 34.1. The van der Waals surface area contributed by atoms with Crippen molar-refractivity contribution in [3.8, 4) is 0 Å². The van der Waals surface area contributed by atoms with Gasteiger partial charge in [-0.25, -0.2) is 0 Å². The molecule has 2 heterocycles. The second-order valence-electron chi connectivity index (χ2n) is 12.0. The van der Waals surface area contributed by atoms with Crippen molar-refractivity contribution in [1.82, 2.24) is 0 Å². The summed E-state index contributed by atoms with van der Waals surface area (Å²) in [6.07, 6.45) is -2.50. The molecule has 1 spiro atoms. The van der Waals surface area contributed by atoms with E-state index in [4.69, 9.17) is 28.4 Å². The number of hydrogen-bond donors (Lipinski definition) is 0. The van der Waals surface area contributed by atoms with Gasteiger partial charge in [0.05, 0.1) is 43.7 Å². The van der Waals surface area contributed by atoms with Crippen LogP contribution in [0.1, 0.15) is 36.1 Å². The van der Waals surface area contributed by atoms with Crippen LogP contribution in [0.3, 0.4) is 0 Å². The molecule has 0 aliphatic carbocycles. The molecule has 2 aliphatic rings. The predicted octanol–water partition coefficient (Wildman–Crippen LogP) is 7.64. The van der Waals surface area contributed by atoms with Crippen molar-refractivity contribution in [3.05, 3.63) is 154 Å². The number of thioether (sulfide) groups is 1. The molecule has 0 N–H and O–H groups in total. The predicted molar refractivity (Wildman–Crippen MR) is 186 cm³/mol. The van der Waals surface area contributed by atoms with Crippen molar-refractivity contribution in [2.45, 2.75) is 70.5 Å². The fraction of sp³-hybridized carbons (Fsp3) is 0.325. The van der Waals surface area contributed by atoms with Crippen LogP contribution in [-0.4, -0.2) is 48.3 Å². The van der Waals surface area contributed by atoms with Gasteiger partial charge in [-0.15, -0.1) is 11.8 Å². The minimum absolute atomic E-state index is 0.0476. The molecule has 4 aromatic rings. The first-order valence-electron chi connectivity index (χ1n) is 16.3. The lowest BCUT2D eigenvalue weighted by atomic mass is 9.92. The lowest BCUT2D eigenvalue weighted by molar-refractivity contribution is -0.366. The Bertz CT molecular complexity index is 1620. The Morgan fingerprint density at radius 1 is 0.688 bits per heavy atom. The van der Waals surface area contributed by atoms with Crippen molar-refractivity contribution >= 4 is 17.5 Å². The summed E-state index contributed by atoms with van der Waals surface area (Å²) in [4.78, 5) is 13.1. The molecule has 1 fully saturated rings. The molecule has 8 heteroatoms. The summed E-state index contributed by atoms with van der Waals surface area (Å²) in [6.45, 7) is 4.97. The van der Waals surface area contributed by atoms with Gasteiger partial charge in [0.25, 0.3) is 0 Å². The van der Waals surface area contributed by atoms with E-state index in [-0.39, 0.29) is 12.4 Å². The topological polar surface area (TPSA) is 72.5 Å². The monoisotopic (exact) mass is 666 g/mol. The summed E-state index contributed by atoms with van der Waals surface area (Å²) >= 11 is 1.42. The zero-order valence-corrected chi connectivity index (χ0v) is 28.2. The molecule has 5 atom stereocenters. The van der Waals surface area contributed by atoms with Gasteiger partial charge in [-0.05, 0) is 36.1 Å². The highest BCUT2D eigenvalue weighted by Crippen LogP contribution is 2.45. The highest BCUT2D eigenvalue weighted by Gasteiger charge is 2.60. The molecule has 4 aromatic carbocycles. The average molecular weight is 667 g/mol. The quantitative estimate of drug-likeness (QED) is 0.136. The van der Waals surface area contributed by atoms with Gasteiger partial charge in [-0.1, -0.05) is 121 Å². The van der Waals surface area contributed by atoms with Crippen molar-refractivity contribution < 1.29 is 33.2 Å². The number of ketones is 1. The fourth-order valence-electron chi connectivity index (χ4n) is 6.08. The molecular weight excluding hydrogens is 625 g/mol. The lowest BCUT2D eigenvalue weighted by Crippen LogP contribution is -2.69. The molecule has 0 amide bonds. The SMILES string of the molecule is CC(=O)C1=C(C)O[C@@]2(CS1)O[C@H](COCc1ccccc1)[C@H](OCc1ccccc1)[C@H](OCc1ccccc1)[C@H]2OCc1ccccc1. The van der Waals surface area contributed by atoms with Gasteiger partial charge in [0.1, 0.15) is 24.1 Å². The Kier molecular flexibility index (Phi) is 11.8. The number of benzene rings is 4. The Morgan fingerprint density at radius 2 is 1.15 bits per heavy atom. The third kappa shape index (κ3) is 8.63. The highest BCUT2D eigenvalue weighted by atomic mass is 32.2. The van der Waals surface area contributed by atoms with Crippen LogP contribution in [0, 0.1) is 0 Å². The summed E-state index contributed by atoms with van der Waals surface area (Å²) < 4.78 is 40.4. The Labute approximate surface area is 287 Å². The Balaban J connectivity index is 1.37. The Hall–Kier alpha value is -3.76. The van der Waals surface area contributed by atoms with Gasteiger partial charge in [0.2, 0.25) is 5.79 Å². The maximum absolute atomic E-state index is 12.5. The molecule has 0 radical (unpaired) electrons. The van der Waals surface area contributed by atoms with Crippen LogP contribution in [0.2, 0.25) is 0 Å². The number of Topliss-reactive ketones (excluding diaryl/α,β-unsaturated/α-hetero) is 1. The molecule has 0 saturated carbocycles. The number of allylic oxidation sites excluding steroid dienone is 2. The van der Waals surface area contributed by atoms with Crippen molar-refractivity contribution in [3.63, 3.8) is 0 Å². The van der Waals surface area contributed by atoms with Crippen molar-refractivity contribution in [2.24, 2.45) is 0 Å². The van der Waals surface area contributed by atoms with Crippen LogP contribution in [0.25, 0.3) is 0 Å². The van der Waals surface area contributed by atoms with Crippen LogP contribution >= 0.6 is 11.8 Å². The van der Waals surface area contributed by atoms with Crippen molar-refractivity contribution in [2.75, 3.05) is 12.4 Å². The number of carbonyl (C=O) groups is 1. The first-order valence-corrected chi connectivity index (χ1v) is 17.3. The van der Waals surface area contributed by atoms with E-state index in [0.29, 0.717) is 42.8 Å². The van der Waals surface area contributed by atoms with Gasteiger partial charge in [0, 0.05) is 0 Å². The smallest absolute Gasteiger partial charge is 0.249 e. The number of rotatable bonds is 14. The molecule has 2 aliphatic heterocycles. The Morgan fingerprint density at radius 3 is 1.62 bits per heavy atom. The van der Waals surface area contributed by atoms with Gasteiger partial charge < -0.3 is 28.4 Å². The second kappa shape index (κ2) is 16.6. The normalized spacial score (nSPS) is 24.0. The number of hydrogen-bond acceptors (Lipinski definition) is 8. The zero-order valence-electron chi connectivity index (χ0n) is 27.4. The largest absolute Gasteiger partial charge is 0.462 e. The van der Waals surface area contributed by atoms with E-state index in [1.807, 2.05) is 121 Å². The molecule has 6 rings (SSSR count). The minimum atomic E-state index is -1.28. The van der Waals surface area contributed by atoms with Gasteiger partial charge in [-0.2, -0.15) is 0 Å². The van der Waals surface area contributed by atoms with Crippen LogP contribution in [0.15, 0.2) is 132 Å². The first-order chi connectivity index (χ1) is 23.5.